The van der Waals surface area contributed by atoms with Gasteiger partial charge in [0.2, 0.25) is 10.0 Å². The van der Waals surface area contributed by atoms with Gasteiger partial charge in [-0.3, -0.25) is 9.36 Å². The molecule has 0 spiro atoms. The molecule has 0 atom stereocenters. The predicted molar refractivity (Wildman–Crippen MR) is 118 cm³/mol. The van der Waals surface area contributed by atoms with Crippen molar-refractivity contribution in [1.82, 2.24) is 18.8 Å². The van der Waals surface area contributed by atoms with Crippen LogP contribution in [-0.2, 0) is 21.3 Å². The van der Waals surface area contributed by atoms with E-state index in [1.807, 2.05) is 0 Å². The summed E-state index contributed by atoms with van der Waals surface area (Å²) >= 11 is 6.20. The first-order valence-corrected chi connectivity index (χ1v) is 11.9. The van der Waals surface area contributed by atoms with Crippen LogP contribution in [0.15, 0.2) is 47.4 Å². The van der Waals surface area contributed by atoms with Crippen molar-refractivity contribution in [2.24, 2.45) is 0 Å². The number of alkyl halides is 2. The number of amides is 1. The highest BCUT2D eigenvalue weighted by atomic mass is 35.5. The van der Waals surface area contributed by atoms with Gasteiger partial charge in [-0.1, -0.05) is 23.7 Å². The van der Waals surface area contributed by atoms with Gasteiger partial charge in [-0.2, -0.15) is 13.1 Å². The fourth-order valence-corrected chi connectivity index (χ4v) is 5.31. The molecule has 3 aromatic rings. The highest BCUT2D eigenvalue weighted by Gasteiger charge is 2.28. The molecule has 176 valence electrons. The van der Waals surface area contributed by atoms with Gasteiger partial charge in [-0.15, -0.1) is 0 Å². The summed E-state index contributed by atoms with van der Waals surface area (Å²) in [4.78, 5) is 18.4. The maximum atomic E-state index is 13.7. The summed E-state index contributed by atoms with van der Waals surface area (Å²) in [5.41, 5.74) is 0.582. The van der Waals surface area contributed by atoms with Gasteiger partial charge in [-0.05, 0) is 30.3 Å². The van der Waals surface area contributed by atoms with E-state index in [9.17, 15) is 22.0 Å². The second-order valence-electron chi connectivity index (χ2n) is 7.48. The average molecular weight is 499 g/mol. The Morgan fingerprint density at radius 1 is 1.21 bits per heavy atom. The summed E-state index contributed by atoms with van der Waals surface area (Å²) in [7, 11) is -2.43. The van der Waals surface area contributed by atoms with E-state index >= 15 is 0 Å². The van der Waals surface area contributed by atoms with Crippen LogP contribution in [0.1, 0.15) is 22.7 Å². The fraction of sp³-hybridized carbons (Fsp3) is 0.333. The van der Waals surface area contributed by atoms with E-state index in [0.717, 1.165) is 4.57 Å². The first kappa shape index (κ1) is 23.6. The molecule has 1 aliphatic rings. The Morgan fingerprint density at radius 2 is 1.91 bits per heavy atom. The molecule has 12 heteroatoms. The summed E-state index contributed by atoms with van der Waals surface area (Å²) in [6.07, 6.45) is 0. The van der Waals surface area contributed by atoms with Crippen LogP contribution >= 0.6 is 11.6 Å². The maximum Gasteiger partial charge on any atom is 0.320 e. The molecule has 2 aromatic carbocycles. The van der Waals surface area contributed by atoms with Gasteiger partial charge in [-0.25, -0.2) is 13.4 Å². The van der Waals surface area contributed by atoms with Gasteiger partial charge in [0, 0.05) is 20.1 Å². The van der Waals surface area contributed by atoms with Crippen molar-refractivity contribution in [3.05, 3.63) is 58.9 Å². The van der Waals surface area contributed by atoms with Crippen LogP contribution in [0.4, 0.5) is 8.78 Å². The van der Waals surface area contributed by atoms with Gasteiger partial charge >= 0.3 is 6.55 Å². The van der Waals surface area contributed by atoms with Crippen LogP contribution < -0.4 is 0 Å². The molecule has 0 bridgehead atoms. The highest BCUT2D eigenvalue weighted by molar-refractivity contribution is 7.89. The van der Waals surface area contributed by atoms with Crippen molar-refractivity contribution < 1.29 is 26.7 Å². The van der Waals surface area contributed by atoms with Crippen molar-refractivity contribution in [2.75, 3.05) is 33.4 Å². The Bertz CT molecular complexity index is 1290. The number of imidazole rings is 1. The van der Waals surface area contributed by atoms with E-state index in [2.05, 4.69) is 4.98 Å². The minimum atomic E-state index is -3.85. The lowest BCUT2D eigenvalue weighted by molar-refractivity contribution is 0.0646. The molecule has 0 aliphatic carbocycles. The molecule has 1 fully saturated rings. The van der Waals surface area contributed by atoms with E-state index in [1.54, 1.807) is 18.2 Å². The lowest BCUT2D eigenvalue weighted by Crippen LogP contribution is -2.40. The first-order chi connectivity index (χ1) is 15.7. The first-order valence-electron chi connectivity index (χ1n) is 10.1. The van der Waals surface area contributed by atoms with E-state index in [4.69, 9.17) is 16.3 Å². The Kier molecular flexibility index (Phi) is 6.66. The van der Waals surface area contributed by atoms with Gasteiger partial charge < -0.3 is 9.64 Å². The number of carbonyl (C=O) groups is 1. The van der Waals surface area contributed by atoms with Crippen LogP contribution in [0, 0.1) is 0 Å². The monoisotopic (exact) mass is 498 g/mol. The van der Waals surface area contributed by atoms with Gasteiger partial charge in [0.25, 0.3) is 5.91 Å². The SMILES string of the molecule is CN(Cc1nc2ccccc2n1C(F)F)C(=O)c1cc(S(=O)(=O)N2CCOCC2)ccc1Cl. The van der Waals surface area contributed by atoms with Crippen LogP contribution in [0.3, 0.4) is 0 Å². The largest absolute Gasteiger partial charge is 0.379 e. The summed E-state index contributed by atoms with van der Waals surface area (Å²) in [5, 5.41) is 0.0511. The third-order valence-electron chi connectivity index (χ3n) is 5.37. The normalized spacial score (nSPS) is 15.3. The van der Waals surface area contributed by atoms with E-state index < -0.39 is 22.5 Å². The summed E-state index contributed by atoms with van der Waals surface area (Å²) < 4.78 is 60.6. The molecule has 1 aliphatic heterocycles. The Balaban J connectivity index is 1.63. The number of benzene rings is 2. The second kappa shape index (κ2) is 9.34. The van der Waals surface area contributed by atoms with Gasteiger partial charge in [0.15, 0.2) is 0 Å². The molecular weight excluding hydrogens is 478 g/mol. The number of halogens is 3. The third kappa shape index (κ3) is 4.58. The number of morpholine rings is 1. The number of fused-ring (bicyclic) bond motifs is 1. The number of carbonyl (C=O) groups excluding carboxylic acids is 1. The molecule has 0 N–H and O–H groups in total. The Morgan fingerprint density at radius 3 is 2.61 bits per heavy atom. The molecule has 0 unspecified atom stereocenters. The molecular formula is C21H21ClF2N4O4S. The van der Waals surface area contributed by atoms with Crippen LogP contribution in [0.25, 0.3) is 11.0 Å². The molecule has 0 radical (unpaired) electrons. The van der Waals surface area contributed by atoms with Crippen molar-refractivity contribution in [3.63, 3.8) is 0 Å². The minimum Gasteiger partial charge on any atom is -0.379 e. The number of aromatic nitrogens is 2. The third-order valence-corrected chi connectivity index (χ3v) is 7.59. The predicted octanol–water partition coefficient (Wildman–Crippen LogP) is 3.38. The van der Waals surface area contributed by atoms with E-state index in [-0.39, 0.29) is 59.7 Å². The maximum absolute atomic E-state index is 13.7. The molecule has 33 heavy (non-hydrogen) atoms. The lowest BCUT2D eigenvalue weighted by atomic mass is 10.2. The molecule has 0 saturated carbocycles. The zero-order valence-electron chi connectivity index (χ0n) is 17.6. The van der Waals surface area contributed by atoms with Crippen molar-refractivity contribution >= 4 is 38.6 Å². The van der Waals surface area contributed by atoms with E-state index in [0.29, 0.717) is 5.52 Å². The zero-order valence-corrected chi connectivity index (χ0v) is 19.2. The molecule has 1 saturated heterocycles. The van der Waals surface area contributed by atoms with Crippen LogP contribution in [-0.4, -0.2) is 66.4 Å². The molecule has 4 rings (SSSR count). The quantitative estimate of drug-likeness (QED) is 0.520. The van der Waals surface area contributed by atoms with Crippen molar-refractivity contribution in [1.29, 1.82) is 0 Å². The van der Waals surface area contributed by atoms with E-state index in [1.165, 1.54) is 40.5 Å². The molecule has 1 aromatic heterocycles. The summed E-state index contributed by atoms with van der Waals surface area (Å²) in [5.74, 6) is -0.623. The molecule has 1 amide bonds. The topological polar surface area (TPSA) is 84.7 Å². The van der Waals surface area contributed by atoms with Crippen LogP contribution in [0.2, 0.25) is 5.02 Å². The average Bonchev–Trinajstić information content (AvgIpc) is 3.17. The number of rotatable bonds is 6. The summed E-state index contributed by atoms with van der Waals surface area (Å²) in [6.45, 7) is -2.09. The smallest absolute Gasteiger partial charge is 0.320 e. The van der Waals surface area contributed by atoms with Crippen molar-refractivity contribution in [3.8, 4) is 0 Å². The summed E-state index contributed by atoms with van der Waals surface area (Å²) in [6, 6.07) is 10.3. The lowest BCUT2D eigenvalue weighted by Gasteiger charge is -2.26. The Labute approximate surface area is 194 Å². The number of sulfonamides is 1. The standard InChI is InChI=1S/C21H21ClF2N4O4S/c1-26(13-19-25-17-4-2-3-5-18(17)28(19)21(23)24)20(29)15-12-14(6-7-16(15)22)33(30,31)27-8-10-32-11-9-27/h2-7,12,21H,8-11,13H2,1H3. The second-order valence-corrected chi connectivity index (χ2v) is 9.83. The van der Waals surface area contributed by atoms with Crippen molar-refractivity contribution in [2.45, 2.75) is 18.0 Å². The Hall–Kier alpha value is -2.60. The highest BCUT2D eigenvalue weighted by Crippen LogP contribution is 2.27. The number of para-hydroxylation sites is 2. The number of nitrogens with zero attached hydrogens (tertiary/aromatic N) is 4. The van der Waals surface area contributed by atoms with Gasteiger partial charge in [0.05, 0.1) is 46.3 Å². The van der Waals surface area contributed by atoms with Gasteiger partial charge in [0.1, 0.15) is 5.82 Å². The number of hydrogen-bond acceptors (Lipinski definition) is 5. The molecule has 8 nitrogen and oxygen atoms in total. The fourth-order valence-electron chi connectivity index (χ4n) is 3.68. The van der Waals surface area contributed by atoms with Crippen LogP contribution in [0.5, 0.6) is 0 Å². The number of ether oxygens (including phenoxy) is 1. The minimum absolute atomic E-state index is 0.00438. The molecule has 2 heterocycles. The number of hydrogen-bond donors (Lipinski definition) is 0. The zero-order chi connectivity index (χ0) is 23.8.